The number of hydrogen-bond donors (Lipinski definition) is 1. The zero-order chi connectivity index (χ0) is 22.6. The highest BCUT2D eigenvalue weighted by Crippen LogP contribution is 2.68. The molecule has 0 aromatic rings. The molecule has 0 aromatic heterocycles. The predicted molar refractivity (Wildman–Crippen MR) is 125 cm³/mol. The number of carbonyl (C=O) groups is 2. The summed E-state index contributed by atoms with van der Waals surface area (Å²) < 4.78 is 0. The highest BCUT2D eigenvalue weighted by molar-refractivity contribution is 5.95. The summed E-state index contributed by atoms with van der Waals surface area (Å²) in [6.45, 7) is 11.9. The predicted octanol–water partition coefficient (Wildman–Crippen LogP) is 6.91. The van der Waals surface area contributed by atoms with E-state index in [1.54, 1.807) is 0 Å². The summed E-state index contributed by atoms with van der Waals surface area (Å²) in [5, 5.41) is 10.0. The van der Waals surface area contributed by atoms with Crippen LogP contribution in [0.1, 0.15) is 98.8 Å². The molecule has 3 fully saturated rings. The minimum absolute atomic E-state index is 0.0233. The number of ketones is 1. The molecule has 4 aliphatic rings. The van der Waals surface area contributed by atoms with Crippen molar-refractivity contribution in [2.45, 2.75) is 98.8 Å². The van der Waals surface area contributed by atoms with Crippen molar-refractivity contribution in [3.8, 4) is 0 Å². The van der Waals surface area contributed by atoms with E-state index < -0.39 is 11.9 Å². The average Bonchev–Trinajstić information content (AvgIpc) is 3.04. The molecule has 3 nitrogen and oxygen atoms in total. The maximum atomic E-state index is 12.3. The number of carbonyl (C=O) groups excluding carboxylic acids is 1. The zero-order valence-corrected chi connectivity index (χ0v) is 20.5. The van der Waals surface area contributed by atoms with Crippen molar-refractivity contribution >= 4 is 11.8 Å². The normalized spacial score (nSPS) is 43.1. The van der Waals surface area contributed by atoms with Gasteiger partial charge in [0.05, 0.1) is 5.92 Å². The fourth-order valence-electron chi connectivity index (χ4n) is 9.01. The second-order valence-electron chi connectivity index (χ2n) is 12.5. The van der Waals surface area contributed by atoms with E-state index in [1.165, 1.54) is 38.5 Å². The topological polar surface area (TPSA) is 54.4 Å². The fraction of sp³-hybridized carbons (Fsp3) is 0.857. The molecule has 0 bridgehead atoms. The summed E-state index contributed by atoms with van der Waals surface area (Å²) >= 11 is 0. The number of carboxylic acid groups (broad SMARTS) is 1. The summed E-state index contributed by atoms with van der Waals surface area (Å²) in [7, 11) is 0. The summed E-state index contributed by atoms with van der Waals surface area (Å²) in [6.07, 6.45) is 13.2. The quantitative estimate of drug-likeness (QED) is 0.500. The van der Waals surface area contributed by atoms with Crippen LogP contribution in [0, 0.1) is 52.3 Å². The van der Waals surface area contributed by atoms with Crippen LogP contribution in [0.15, 0.2) is 11.6 Å². The maximum Gasteiger partial charge on any atom is 0.307 e. The molecular weight excluding hydrogens is 384 g/mol. The Morgan fingerprint density at radius 1 is 1.10 bits per heavy atom. The van der Waals surface area contributed by atoms with Gasteiger partial charge in [-0.05, 0) is 85.5 Å². The van der Waals surface area contributed by atoms with Gasteiger partial charge in [0.2, 0.25) is 0 Å². The van der Waals surface area contributed by atoms with Crippen molar-refractivity contribution < 1.29 is 14.7 Å². The van der Waals surface area contributed by atoms with Gasteiger partial charge in [-0.2, -0.15) is 0 Å². The Hall–Kier alpha value is -1.12. The summed E-state index contributed by atoms with van der Waals surface area (Å²) in [6, 6.07) is 0. The van der Waals surface area contributed by atoms with Gasteiger partial charge in [-0.15, -0.1) is 0 Å². The van der Waals surface area contributed by atoms with Gasteiger partial charge in [0, 0.05) is 11.8 Å². The number of allylic oxidation sites excluding steroid dienone is 1. The third kappa shape index (κ3) is 3.72. The fourth-order valence-corrected chi connectivity index (χ4v) is 9.01. The second-order valence-corrected chi connectivity index (χ2v) is 12.5. The maximum absolute atomic E-state index is 12.3. The van der Waals surface area contributed by atoms with Crippen molar-refractivity contribution in [3.05, 3.63) is 11.6 Å². The number of carboxylic acids is 1. The lowest BCUT2D eigenvalue weighted by atomic mass is 9.44. The van der Waals surface area contributed by atoms with Crippen molar-refractivity contribution in [3.63, 3.8) is 0 Å². The molecule has 8 atom stereocenters. The molecular formula is C28H44O3. The standard InChI is InChI=1S/C28H44O3/c1-17(2)7-6-8-18(3)22-11-12-23-21-10-9-19-15-20(29)16-25(26(30)31)28(19,5)24(21)13-14-27(22,23)4/h15,17-18,21-25H,6-14,16H2,1-5H3,(H,30,31)/t18-,21+,22-,23+,24+,25?,27-,28+/m1/s1. The van der Waals surface area contributed by atoms with Gasteiger partial charge in [0.25, 0.3) is 0 Å². The molecule has 4 rings (SSSR count). The molecule has 31 heavy (non-hydrogen) atoms. The van der Waals surface area contributed by atoms with Crippen molar-refractivity contribution in [1.82, 2.24) is 0 Å². The molecule has 3 heteroatoms. The molecule has 0 aromatic carbocycles. The van der Waals surface area contributed by atoms with Gasteiger partial charge in [0.15, 0.2) is 5.78 Å². The summed E-state index contributed by atoms with van der Waals surface area (Å²) in [5.74, 6) is 2.91. The molecule has 4 aliphatic carbocycles. The first-order chi connectivity index (χ1) is 14.6. The highest BCUT2D eigenvalue weighted by Gasteiger charge is 2.62. The van der Waals surface area contributed by atoms with Crippen LogP contribution in [0.25, 0.3) is 0 Å². The van der Waals surface area contributed by atoms with Crippen LogP contribution in [0.5, 0.6) is 0 Å². The van der Waals surface area contributed by atoms with Crippen molar-refractivity contribution in [2.24, 2.45) is 52.3 Å². The van der Waals surface area contributed by atoms with Crippen LogP contribution in [0.2, 0.25) is 0 Å². The Labute approximate surface area is 189 Å². The SMILES string of the molecule is CC(C)CCC[C@@H](C)[C@H]1CC[C@H]2[C@@H]3CCC4=CC(=O)CC(C(=O)O)[C@]4(C)[C@H]3CC[C@]12C. The lowest BCUT2D eigenvalue weighted by Gasteiger charge is -2.59. The molecule has 1 N–H and O–H groups in total. The largest absolute Gasteiger partial charge is 0.481 e. The molecule has 0 aliphatic heterocycles. The number of aliphatic carboxylic acids is 1. The lowest BCUT2D eigenvalue weighted by molar-refractivity contribution is -0.154. The van der Waals surface area contributed by atoms with Gasteiger partial charge in [-0.3, -0.25) is 9.59 Å². The molecule has 0 amide bonds. The van der Waals surface area contributed by atoms with Crippen LogP contribution in [0.3, 0.4) is 0 Å². The van der Waals surface area contributed by atoms with Crippen molar-refractivity contribution in [1.29, 1.82) is 0 Å². The van der Waals surface area contributed by atoms with E-state index in [-0.39, 0.29) is 17.6 Å². The first kappa shape index (κ1) is 23.1. The minimum Gasteiger partial charge on any atom is -0.481 e. The minimum atomic E-state index is -0.765. The molecule has 1 unspecified atom stereocenters. The second kappa shape index (κ2) is 8.34. The third-order valence-corrected chi connectivity index (χ3v) is 10.6. The van der Waals surface area contributed by atoms with E-state index in [0.29, 0.717) is 17.3 Å². The molecule has 174 valence electrons. The van der Waals surface area contributed by atoms with Crippen LogP contribution in [-0.2, 0) is 9.59 Å². The van der Waals surface area contributed by atoms with E-state index in [4.69, 9.17) is 0 Å². The average molecular weight is 429 g/mol. The Kier molecular flexibility index (Phi) is 6.20. The molecule has 0 spiro atoms. The van der Waals surface area contributed by atoms with E-state index in [9.17, 15) is 14.7 Å². The third-order valence-electron chi connectivity index (χ3n) is 10.6. The van der Waals surface area contributed by atoms with Gasteiger partial charge < -0.3 is 5.11 Å². The van der Waals surface area contributed by atoms with Crippen LogP contribution in [-0.4, -0.2) is 16.9 Å². The van der Waals surface area contributed by atoms with Crippen LogP contribution >= 0.6 is 0 Å². The Morgan fingerprint density at radius 3 is 2.52 bits per heavy atom. The Bertz CT molecular complexity index is 751. The van der Waals surface area contributed by atoms with E-state index >= 15 is 0 Å². The monoisotopic (exact) mass is 428 g/mol. The van der Waals surface area contributed by atoms with Crippen LogP contribution < -0.4 is 0 Å². The van der Waals surface area contributed by atoms with E-state index in [1.807, 2.05) is 6.08 Å². The van der Waals surface area contributed by atoms with E-state index in [0.717, 1.165) is 48.5 Å². The molecule has 0 radical (unpaired) electrons. The summed E-state index contributed by atoms with van der Waals surface area (Å²) in [4.78, 5) is 24.5. The zero-order valence-electron chi connectivity index (χ0n) is 20.5. The van der Waals surface area contributed by atoms with E-state index in [2.05, 4.69) is 34.6 Å². The number of hydrogen-bond acceptors (Lipinski definition) is 2. The summed E-state index contributed by atoms with van der Waals surface area (Å²) in [5.41, 5.74) is 1.24. The number of fused-ring (bicyclic) bond motifs is 5. The highest BCUT2D eigenvalue weighted by atomic mass is 16.4. The van der Waals surface area contributed by atoms with Gasteiger partial charge in [0.1, 0.15) is 0 Å². The first-order valence-corrected chi connectivity index (χ1v) is 13.1. The van der Waals surface area contributed by atoms with Crippen molar-refractivity contribution in [2.75, 3.05) is 0 Å². The van der Waals surface area contributed by atoms with Crippen LogP contribution in [0.4, 0.5) is 0 Å². The Balaban J connectivity index is 1.56. The first-order valence-electron chi connectivity index (χ1n) is 13.1. The molecule has 3 saturated carbocycles. The molecule has 0 saturated heterocycles. The van der Waals surface area contributed by atoms with Gasteiger partial charge >= 0.3 is 5.97 Å². The molecule has 0 heterocycles. The Morgan fingerprint density at radius 2 is 1.84 bits per heavy atom. The van der Waals surface area contributed by atoms with Gasteiger partial charge in [-0.25, -0.2) is 0 Å². The van der Waals surface area contributed by atoms with Gasteiger partial charge in [-0.1, -0.05) is 59.5 Å². The number of rotatable bonds is 6. The lowest BCUT2D eigenvalue weighted by Crippen LogP contribution is -2.55. The smallest absolute Gasteiger partial charge is 0.307 e.